The van der Waals surface area contributed by atoms with Crippen molar-refractivity contribution in [3.63, 3.8) is 0 Å². The number of hydrogen-bond acceptors (Lipinski definition) is 4. The Hall–Kier alpha value is -1.14. The highest BCUT2D eigenvalue weighted by Gasteiger charge is 2.29. The van der Waals surface area contributed by atoms with Gasteiger partial charge in [0.2, 0.25) is 0 Å². The molecule has 0 N–H and O–H groups in total. The summed E-state index contributed by atoms with van der Waals surface area (Å²) in [6.07, 6.45) is -0.273. The molecule has 0 saturated carbocycles. The largest absolute Gasteiger partial charge is 0.335 e. The Morgan fingerprint density at radius 3 is 2.16 bits per heavy atom. The minimum absolute atomic E-state index is 0.118. The minimum atomic E-state index is -3.24. The van der Waals surface area contributed by atoms with Crippen molar-refractivity contribution in [2.24, 2.45) is 0 Å². The highest BCUT2D eigenvalue weighted by molar-refractivity contribution is 7.53. The van der Waals surface area contributed by atoms with E-state index in [2.05, 4.69) is 6.07 Å². The molecule has 1 rings (SSSR count). The molecule has 0 spiro atoms. The molecule has 4 nitrogen and oxygen atoms in total. The van der Waals surface area contributed by atoms with Crippen LogP contribution in [0.3, 0.4) is 0 Å². The van der Waals surface area contributed by atoms with Crippen molar-refractivity contribution in [3.05, 3.63) is 35.4 Å². The van der Waals surface area contributed by atoms with E-state index in [0.717, 1.165) is 0 Å². The Morgan fingerprint density at radius 1 is 1.16 bits per heavy atom. The summed E-state index contributed by atoms with van der Waals surface area (Å²) in [5.41, 5.74) is 1.19. The number of nitriles is 1. The van der Waals surface area contributed by atoms with Crippen LogP contribution in [0.1, 0.15) is 38.8 Å². The SMILES string of the molecule is CC(C)OP(=O)(Cc1ccccc1C#N)OC(C)C. The Labute approximate surface area is 114 Å². The molecule has 5 heteroatoms. The quantitative estimate of drug-likeness (QED) is 0.736. The molecule has 0 unspecified atom stereocenters. The Kier molecular flexibility index (Phi) is 5.75. The standard InChI is InChI=1S/C14H20NO3P/c1-11(2)17-19(16,18-12(3)4)10-14-8-6-5-7-13(14)9-15/h5-8,11-12H,10H2,1-4H3. The number of rotatable bonds is 6. The lowest BCUT2D eigenvalue weighted by Gasteiger charge is -2.23. The Balaban J connectivity index is 3.01. The molecule has 1 aromatic rings. The fourth-order valence-corrected chi connectivity index (χ4v) is 3.89. The van der Waals surface area contributed by atoms with Gasteiger partial charge < -0.3 is 9.05 Å². The van der Waals surface area contributed by atoms with Gasteiger partial charge in [-0.3, -0.25) is 4.57 Å². The molecule has 19 heavy (non-hydrogen) atoms. The van der Waals surface area contributed by atoms with Crippen LogP contribution in [0, 0.1) is 11.3 Å². The van der Waals surface area contributed by atoms with Gasteiger partial charge >= 0.3 is 7.60 Å². The first-order valence-corrected chi connectivity index (χ1v) is 8.03. The molecule has 0 radical (unpaired) electrons. The average molecular weight is 281 g/mol. The van der Waals surface area contributed by atoms with Crippen LogP contribution in [0.4, 0.5) is 0 Å². The molecule has 0 fully saturated rings. The van der Waals surface area contributed by atoms with E-state index in [-0.39, 0.29) is 18.4 Å². The van der Waals surface area contributed by atoms with Crippen LogP contribution in [0.5, 0.6) is 0 Å². The van der Waals surface area contributed by atoms with Gasteiger partial charge in [0.15, 0.2) is 0 Å². The lowest BCUT2D eigenvalue weighted by atomic mass is 10.1. The normalized spacial score (nSPS) is 11.8. The monoisotopic (exact) mass is 281 g/mol. The van der Waals surface area contributed by atoms with Crippen LogP contribution in [-0.4, -0.2) is 12.2 Å². The van der Waals surface area contributed by atoms with Gasteiger partial charge in [-0.05, 0) is 39.3 Å². The smallest absolute Gasteiger partial charge is 0.306 e. The summed E-state index contributed by atoms with van der Waals surface area (Å²) in [6.45, 7) is 7.25. The second-order valence-electron chi connectivity index (χ2n) is 4.85. The van der Waals surface area contributed by atoms with Crippen molar-refractivity contribution in [2.45, 2.75) is 46.1 Å². The predicted molar refractivity (Wildman–Crippen MR) is 74.9 cm³/mol. The van der Waals surface area contributed by atoms with E-state index in [4.69, 9.17) is 14.3 Å². The van der Waals surface area contributed by atoms with Gasteiger partial charge in [-0.25, -0.2) is 0 Å². The van der Waals surface area contributed by atoms with E-state index in [9.17, 15) is 4.57 Å². The second-order valence-corrected chi connectivity index (χ2v) is 6.81. The third kappa shape index (κ3) is 5.16. The van der Waals surface area contributed by atoms with Crippen LogP contribution in [0.15, 0.2) is 24.3 Å². The van der Waals surface area contributed by atoms with Gasteiger partial charge in [0, 0.05) is 0 Å². The molecular formula is C14H20NO3P. The fraction of sp³-hybridized carbons (Fsp3) is 0.500. The van der Waals surface area contributed by atoms with Gasteiger partial charge in [-0.15, -0.1) is 0 Å². The molecule has 0 saturated heterocycles. The van der Waals surface area contributed by atoms with Crippen LogP contribution >= 0.6 is 7.60 Å². The van der Waals surface area contributed by atoms with Crippen molar-refractivity contribution in [1.82, 2.24) is 0 Å². The van der Waals surface area contributed by atoms with Gasteiger partial charge in [0.05, 0.1) is 30.0 Å². The first-order valence-electron chi connectivity index (χ1n) is 6.30. The molecule has 0 aliphatic rings. The lowest BCUT2D eigenvalue weighted by Crippen LogP contribution is -2.10. The van der Waals surface area contributed by atoms with Crippen LogP contribution < -0.4 is 0 Å². The maximum absolute atomic E-state index is 12.7. The molecular weight excluding hydrogens is 261 g/mol. The molecule has 0 atom stereocenters. The third-order valence-electron chi connectivity index (χ3n) is 2.24. The average Bonchev–Trinajstić information content (AvgIpc) is 2.26. The minimum Gasteiger partial charge on any atom is -0.306 e. The molecule has 0 bridgehead atoms. The second kappa shape index (κ2) is 6.86. The molecule has 0 aromatic heterocycles. The predicted octanol–water partition coefficient (Wildman–Crippen LogP) is 4.10. The van der Waals surface area contributed by atoms with E-state index >= 15 is 0 Å². The summed E-state index contributed by atoms with van der Waals surface area (Å²) in [7, 11) is -3.24. The van der Waals surface area contributed by atoms with Crippen molar-refractivity contribution >= 4 is 7.60 Å². The van der Waals surface area contributed by atoms with Gasteiger partial charge in [-0.2, -0.15) is 5.26 Å². The lowest BCUT2D eigenvalue weighted by molar-refractivity contribution is 0.141. The van der Waals surface area contributed by atoms with Crippen LogP contribution in [0.2, 0.25) is 0 Å². The van der Waals surface area contributed by atoms with Crippen LogP contribution in [0.25, 0.3) is 0 Å². The third-order valence-corrected chi connectivity index (χ3v) is 4.46. The summed E-state index contributed by atoms with van der Waals surface area (Å²) >= 11 is 0. The van der Waals surface area contributed by atoms with E-state index < -0.39 is 7.60 Å². The van der Waals surface area contributed by atoms with Crippen molar-refractivity contribution in [3.8, 4) is 6.07 Å². The zero-order chi connectivity index (χ0) is 14.5. The Bertz CT molecular complexity index is 492. The number of hydrogen-bond donors (Lipinski definition) is 0. The molecule has 0 amide bonds. The first-order chi connectivity index (χ1) is 8.86. The maximum Gasteiger partial charge on any atom is 0.335 e. The fourth-order valence-electron chi connectivity index (χ4n) is 1.72. The summed E-state index contributed by atoms with van der Waals surface area (Å²) in [6, 6.07) is 9.16. The zero-order valence-electron chi connectivity index (χ0n) is 11.8. The van der Waals surface area contributed by atoms with Gasteiger partial charge in [-0.1, -0.05) is 18.2 Å². The summed E-state index contributed by atoms with van der Waals surface area (Å²) in [5.74, 6) is 0. The summed E-state index contributed by atoms with van der Waals surface area (Å²) in [4.78, 5) is 0. The van der Waals surface area contributed by atoms with E-state index in [1.165, 1.54) is 0 Å². The van der Waals surface area contributed by atoms with E-state index in [1.807, 2.05) is 33.8 Å². The topological polar surface area (TPSA) is 59.3 Å². The number of benzene rings is 1. The summed E-state index contributed by atoms with van der Waals surface area (Å²) < 4.78 is 23.7. The maximum atomic E-state index is 12.7. The molecule has 0 aliphatic heterocycles. The van der Waals surface area contributed by atoms with Crippen molar-refractivity contribution in [1.29, 1.82) is 5.26 Å². The molecule has 1 aromatic carbocycles. The van der Waals surface area contributed by atoms with Crippen molar-refractivity contribution < 1.29 is 13.6 Å². The highest BCUT2D eigenvalue weighted by atomic mass is 31.2. The summed E-state index contributed by atoms with van der Waals surface area (Å²) in [5, 5.41) is 9.06. The Morgan fingerprint density at radius 2 is 1.68 bits per heavy atom. The first kappa shape index (κ1) is 15.9. The molecule has 0 aliphatic carbocycles. The van der Waals surface area contributed by atoms with Crippen LogP contribution in [-0.2, 0) is 19.8 Å². The van der Waals surface area contributed by atoms with Gasteiger partial charge in [0.25, 0.3) is 0 Å². The van der Waals surface area contributed by atoms with E-state index in [1.54, 1.807) is 18.2 Å². The molecule has 104 valence electrons. The van der Waals surface area contributed by atoms with Gasteiger partial charge in [0.1, 0.15) is 0 Å². The zero-order valence-corrected chi connectivity index (χ0v) is 12.7. The highest BCUT2D eigenvalue weighted by Crippen LogP contribution is 2.53. The van der Waals surface area contributed by atoms with E-state index in [0.29, 0.717) is 11.1 Å². The van der Waals surface area contributed by atoms with Crippen molar-refractivity contribution in [2.75, 3.05) is 0 Å². The molecule has 0 heterocycles. The number of nitrogens with zero attached hydrogens (tertiary/aromatic N) is 1.